The molecule has 0 N–H and O–H groups in total. The van der Waals surface area contributed by atoms with Crippen molar-refractivity contribution in [2.45, 2.75) is 27.7 Å². The second-order valence-electron chi connectivity index (χ2n) is 2.76. The Hall–Kier alpha value is 2.25. The van der Waals surface area contributed by atoms with Gasteiger partial charge in [-0.15, -0.1) is 0 Å². The molecule has 0 saturated carbocycles. The zero-order valence-electron chi connectivity index (χ0n) is 8.21. The zero-order valence-corrected chi connectivity index (χ0v) is 16.2. The smallest absolute Gasteiger partial charge is 1.00 e. The first kappa shape index (κ1) is 24.5. The third-order valence-corrected chi connectivity index (χ3v) is 2.18. The Balaban J connectivity index is -0.000000101. The SMILES string of the molecule is Cc1[cH-]c(C)c(C)c1C.[I-].[I-].[I-].[Ti+4]. The van der Waals surface area contributed by atoms with Gasteiger partial charge in [-0.3, -0.25) is 0 Å². The Bertz CT molecular complexity index is 209. The van der Waals surface area contributed by atoms with Gasteiger partial charge in [0.25, 0.3) is 0 Å². The van der Waals surface area contributed by atoms with Crippen LogP contribution in [0.5, 0.6) is 0 Å². The van der Waals surface area contributed by atoms with Gasteiger partial charge in [-0.1, -0.05) is 27.7 Å². The van der Waals surface area contributed by atoms with E-state index in [-0.39, 0.29) is 93.6 Å². The zero-order chi connectivity index (χ0) is 7.02. The van der Waals surface area contributed by atoms with Crippen LogP contribution in [0.1, 0.15) is 22.3 Å². The summed E-state index contributed by atoms with van der Waals surface area (Å²) in [5.74, 6) is 0. The fourth-order valence-electron chi connectivity index (χ4n) is 1.13. The molecule has 0 fully saturated rings. The van der Waals surface area contributed by atoms with Gasteiger partial charge in [0, 0.05) is 0 Å². The molecule has 1 rings (SSSR count). The first-order chi connectivity index (χ1) is 4.13. The van der Waals surface area contributed by atoms with Crippen molar-refractivity contribution < 1.29 is 93.6 Å². The topological polar surface area (TPSA) is 0 Å². The molecule has 0 bridgehead atoms. The number of rotatable bonds is 0. The Kier molecular flexibility index (Phi) is 20.3. The number of hydrogen-bond donors (Lipinski definition) is 0. The van der Waals surface area contributed by atoms with Crippen molar-refractivity contribution in [1.82, 2.24) is 0 Å². The van der Waals surface area contributed by atoms with E-state index in [1.807, 2.05) is 0 Å². The Morgan fingerprint density at radius 3 is 1.00 bits per heavy atom. The molecule has 0 heterocycles. The maximum Gasteiger partial charge on any atom is 4.00 e. The predicted molar refractivity (Wildman–Crippen MR) is 41.0 cm³/mol. The maximum atomic E-state index is 2.24. The molecule has 0 aromatic heterocycles. The molecule has 0 unspecified atom stereocenters. The van der Waals surface area contributed by atoms with E-state index >= 15 is 0 Å². The fourth-order valence-corrected chi connectivity index (χ4v) is 1.13. The molecule has 13 heavy (non-hydrogen) atoms. The van der Waals surface area contributed by atoms with Gasteiger partial charge in [-0.2, -0.15) is 28.3 Å². The van der Waals surface area contributed by atoms with Crippen LogP contribution < -0.4 is 71.9 Å². The summed E-state index contributed by atoms with van der Waals surface area (Å²) < 4.78 is 0. The van der Waals surface area contributed by atoms with Gasteiger partial charge < -0.3 is 71.9 Å². The van der Waals surface area contributed by atoms with Crippen molar-refractivity contribution in [3.05, 3.63) is 28.3 Å². The second kappa shape index (κ2) is 10.8. The third-order valence-electron chi connectivity index (χ3n) is 2.18. The van der Waals surface area contributed by atoms with E-state index in [4.69, 9.17) is 0 Å². The van der Waals surface area contributed by atoms with Crippen molar-refractivity contribution >= 4 is 0 Å². The van der Waals surface area contributed by atoms with Gasteiger partial charge in [-0.25, -0.2) is 0 Å². The van der Waals surface area contributed by atoms with Crippen LogP contribution in [-0.2, 0) is 21.7 Å². The number of hydrogen-bond acceptors (Lipinski definition) is 0. The third kappa shape index (κ3) is 6.42. The van der Waals surface area contributed by atoms with Gasteiger partial charge in [0.05, 0.1) is 0 Å². The van der Waals surface area contributed by atoms with E-state index in [2.05, 4.69) is 33.8 Å². The molecule has 0 saturated heterocycles. The maximum absolute atomic E-state index is 2.24. The fraction of sp³-hybridized carbons (Fsp3) is 0.444. The molecular formula is C9H13I3Ti. The molecule has 1 aromatic rings. The number of aryl methyl sites for hydroxylation is 2. The van der Waals surface area contributed by atoms with Gasteiger partial charge in [0.1, 0.15) is 0 Å². The van der Waals surface area contributed by atoms with Crippen LogP contribution in [-0.4, -0.2) is 0 Å². The van der Waals surface area contributed by atoms with Crippen LogP contribution >= 0.6 is 0 Å². The summed E-state index contributed by atoms with van der Waals surface area (Å²) in [6.45, 7) is 8.68. The van der Waals surface area contributed by atoms with Crippen molar-refractivity contribution in [2.24, 2.45) is 0 Å². The van der Waals surface area contributed by atoms with Crippen LogP contribution in [0.25, 0.3) is 0 Å². The summed E-state index contributed by atoms with van der Waals surface area (Å²) >= 11 is 0. The molecule has 0 aliphatic carbocycles. The Morgan fingerprint density at radius 2 is 0.923 bits per heavy atom. The first-order valence-electron chi connectivity index (χ1n) is 3.33. The Morgan fingerprint density at radius 1 is 0.692 bits per heavy atom. The van der Waals surface area contributed by atoms with E-state index in [1.165, 1.54) is 22.3 Å². The minimum Gasteiger partial charge on any atom is -1.00 e. The van der Waals surface area contributed by atoms with Crippen molar-refractivity contribution in [2.75, 3.05) is 0 Å². The summed E-state index contributed by atoms with van der Waals surface area (Å²) in [5, 5.41) is 0. The van der Waals surface area contributed by atoms with Crippen LogP contribution in [0, 0.1) is 27.7 Å². The summed E-state index contributed by atoms with van der Waals surface area (Å²) in [6, 6.07) is 2.24. The van der Waals surface area contributed by atoms with Crippen molar-refractivity contribution in [3.63, 3.8) is 0 Å². The molecule has 0 aliphatic rings. The minimum atomic E-state index is 0. The molecule has 4 heteroatoms. The van der Waals surface area contributed by atoms with E-state index in [1.54, 1.807) is 0 Å². The van der Waals surface area contributed by atoms with Gasteiger partial charge in [0.15, 0.2) is 0 Å². The average molecular weight is 550 g/mol. The summed E-state index contributed by atoms with van der Waals surface area (Å²) in [7, 11) is 0. The van der Waals surface area contributed by atoms with Gasteiger partial charge in [0.2, 0.25) is 0 Å². The normalized spacial score (nSPS) is 7.08. The molecule has 0 aliphatic heterocycles. The monoisotopic (exact) mass is 550 g/mol. The molecule has 0 amide bonds. The summed E-state index contributed by atoms with van der Waals surface area (Å²) in [6.07, 6.45) is 0. The van der Waals surface area contributed by atoms with Crippen LogP contribution in [0.15, 0.2) is 6.07 Å². The molecule has 74 valence electrons. The molecule has 1 aromatic carbocycles. The molecule has 0 nitrogen and oxygen atoms in total. The largest absolute Gasteiger partial charge is 4.00 e. The minimum absolute atomic E-state index is 0. The van der Waals surface area contributed by atoms with E-state index in [0.29, 0.717) is 0 Å². The van der Waals surface area contributed by atoms with Gasteiger partial charge in [-0.05, 0) is 0 Å². The molecule has 0 radical (unpaired) electrons. The number of halogens is 3. The average Bonchev–Trinajstić information content (AvgIpc) is 1.98. The quantitative estimate of drug-likeness (QED) is 0.172. The summed E-state index contributed by atoms with van der Waals surface area (Å²) in [4.78, 5) is 0. The van der Waals surface area contributed by atoms with Gasteiger partial charge >= 0.3 is 21.7 Å². The Labute approximate surface area is 147 Å². The summed E-state index contributed by atoms with van der Waals surface area (Å²) in [5.41, 5.74) is 5.75. The van der Waals surface area contributed by atoms with Crippen molar-refractivity contribution in [3.8, 4) is 0 Å². The van der Waals surface area contributed by atoms with Crippen molar-refractivity contribution in [1.29, 1.82) is 0 Å². The van der Waals surface area contributed by atoms with E-state index < -0.39 is 0 Å². The molecule has 0 spiro atoms. The molecule has 0 atom stereocenters. The predicted octanol–water partition coefficient (Wildman–Crippen LogP) is -6.35. The standard InChI is InChI=1S/C9H13.3HI.Ti/c1-6-5-7(2)9(4)8(6)3;;;;/h5H,1-4H3;3*1H;/q-1;;;;+4/p-3. The van der Waals surface area contributed by atoms with Crippen LogP contribution in [0.2, 0.25) is 0 Å². The van der Waals surface area contributed by atoms with E-state index in [0.717, 1.165) is 0 Å². The van der Waals surface area contributed by atoms with Crippen LogP contribution in [0.3, 0.4) is 0 Å². The van der Waals surface area contributed by atoms with Crippen LogP contribution in [0.4, 0.5) is 0 Å². The second-order valence-corrected chi connectivity index (χ2v) is 2.76. The van der Waals surface area contributed by atoms with E-state index in [9.17, 15) is 0 Å². The molecular weight excluding hydrogens is 537 g/mol. The first-order valence-corrected chi connectivity index (χ1v) is 3.33.